The van der Waals surface area contributed by atoms with Gasteiger partial charge < -0.3 is 4.57 Å². The predicted octanol–water partition coefficient (Wildman–Crippen LogP) is 4.67. The van der Waals surface area contributed by atoms with Gasteiger partial charge in [0.1, 0.15) is 5.82 Å². The Morgan fingerprint density at radius 1 is 1.19 bits per heavy atom. The number of aromatic nitrogens is 2. The normalized spacial score (nSPS) is 14.3. The Bertz CT molecular complexity index is 885. The Labute approximate surface area is 131 Å². The monoisotopic (exact) mass is 337 g/mol. The minimum Gasteiger partial charge on any atom is -0.321 e. The summed E-state index contributed by atoms with van der Waals surface area (Å²) in [6.45, 7) is 0. The predicted molar refractivity (Wildman–Crippen MR) is 85.9 cm³/mol. The topological polar surface area (TPSA) is 41.6 Å². The van der Waals surface area contributed by atoms with E-state index in [9.17, 15) is 0 Å². The van der Waals surface area contributed by atoms with Crippen LogP contribution in [0.2, 0.25) is 0 Å². The number of imidazole rings is 1. The van der Waals surface area contributed by atoms with E-state index in [0.717, 1.165) is 26.9 Å². The van der Waals surface area contributed by atoms with Gasteiger partial charge in [0.15, 0.2) is 0 Å². The van der Waals surface area contributed by atoms with Crippen molar-refractivity contribution < 1.29 is 0 Å². The highest BCUT2D eigenvalue weighted by Crippen LogP contribution is 2.41. The van der Waals surface area contributed by atoms with E-state index in [1.807, 2.05) is 30.3 Å². The Morgan fingerprint density at radius 2 is 2.05 bits per heavy atom. The summed E-state index contributed by atoms with van der Waals surface area (Å²) in [7, 11) is 0. The highest BCUT2D eigenvalue weighted by molar-refractivity contribution is 9.10. The summed E-state index contributed by atoms with van der Waals surface area (Å²) in [6.07, 6.45) is 2.40. The Morgan fingerprint density at radius 3 is 2.76 bits per heavy atom. The molecule has 1 aromatic heterocycles. The second-order valence-corrected chi connectivity index (χ2v) is 6.28. The van der Waals surface area contributed by atoms with E-state index in [-0.39, 0.29) is 0 Å². The molecule has 0 bridgehead atoms. The van der Waals surface area contributed by atoms with Gasteiger partial charge in [-0.2, -0.15) is 5.26 Å². The van der Waals surface area contributed by atoms with Crippen molar-refractivity contribution >= 4 is 27.0 Å². The van der Waals surface area contributed by atoms with Gasteiger partial charge in [-0.3, -0.25) is 0 Å². The van der Waals surface area contributed by atoms with E-state index >= 15 is 0 Å². The molecule has 2 aromatic carbocycles. The Hall–Kier alpha value is -2.12. The van der Waals surface area contributed by atoms with Gasteiger partial charge in [-0.05, 0) is 43.2 Å². The quantitative estimate of drug-likeness (QED) is 0.681. The maximum Gasteiger partial charge on any atom is 0.141 e. The van der Waals surface area contributed by atoms with Crippen LogP contribution >= 0.6 is 15.9 Å². The number of hydrogen-bond acceptors (Lipinski definition) is 2. The molecule has 1 aliphatic rings. The molecular formula is C17H12BrN3. The molecule has 0 amide bonds. The van der Waals surface area contributed by atoms with Gasteiger partial charge in [0.05, 0.1) is 22.7 Å². The van der Waals surface area contributed by atoms with Gasteiger partial charge in [0, 0.05) is 16.1 Å². The standard InChI is InChI=1S/C17H12BrN3/c18-13-3-1-2-12(9-13)17-20-15-8-11(10-19)4-7-16(15)21(17)14-5-6-14/h1-4,7-9,14H,5-6H2. The van der Waals surface area contributed by atoms with Crippen LogP contribution in [0.4, 0.5) is 0 Å². The lowest BCUT2D eigenvalue weighted by Gasteiger charge is -2.08. The molecule has 1 saturated carbocycles. The fourth-order valence-corrected chi connectivity index (χ4v) is 3.10. The first kappa shape index (κ1) is 12.6. The van der Waals surface area contributed by atoms with Gasteiger partial charge in [-0.1, -0.05) is 28.1 Å². The van der Waals surface area contributed by atoms with Crippen molar-refractivity contribution in [2.45, 2.75) is 18.9 Å². The van der Waals surface area contributed by atoms with Crippen LogP contribution in [0.15, 0.2) is 46.9 Å². The van der Waals surface area contributed by atoms with Crippen LogP contribution in [0.1, 0.15) is 24.4 Å². The highest BCUT2D eigenvalue weighted by Gasteiger charge is 2.28. The van der Waals surface area contributed by atoms with Crippen molar-refractivity contribution in [3.05, 3.63) is 52.5 Å². The van der Waals surface area contributed by atoms with Gasteiger partial charge >= 0.3 is 0 Å². The molecule has 4 rings (SSSR count). The van der Waals surface area contributed by atoms with Crippen molar-refractivity contribution in [3.8, 4) is 17.5 Å². The summed E-state index contributed by atoms with van der Waals surface area (Å²) in [6, 6.07) is 16.7. The summed E-state index contributed by atoms with van der Waals surface area (Å²) in [4.78, 5) is 4.78. The summed E-state index contributed by atoms with van der Waals surface area (Å²) in [5.41, 5.74) is 3.78. The van der Waals surface area contributed by atoms with Crippen molar-refractivity contribution in [2.75, 3.05) is 0 Å². The number of nitrogens with zero attached hydrogens (tertiary/aromatic N) is 3. The smallest absolute Gasteiger partial charge is 0.141 e. The average molecular weight is 338 g/mol. The molecule has 102 valence electrons. The molecule has 1 heterocycles. The number of halogens is 1. The third kappa shape index (κ3) is 2.14. The summed E-state index contributed by atoms with van der Waals surface area (Å²) in [5, 5.41) is 9.06. The number of rotatable bonds is 2. The maximum atomic E-state index is 9.06. The second-order valence-electron chi connectivity index (χ2n) is 5.36. The fraction of sp³-hybridized carbons (Fsp3) is 0.176. The lowest BCUT2D eigenvalue weighted by molar-refractivity contribution is 0.775. The van der Waals surface area contributed by atoms with Crippen LogP contribution in [0, 0.1) is 11.3 Å². The van der Waals surface area contributed by atoms with Gasteiger partial charge in [0.2, 0.25) is 0 Å². The average Bonchev–Trinajstić information content (AvgIpc) is 3.26. The molecule has 3 aromatic rings. The maximum absolute atomic E-state index is 9.06. The van der Waals surface area contributed by atoms with Crippen LogP contribution in [0.25, 0.3) is 22.4 Å². The van der Waals surface area contributed by atoms with Gasteiger partial charge in [-0.25, -0.2) is 4.98 Å². The second kappa shape index (κ2) is 4.71. The SMILES string of the molecule is N#Cc1ccc2c(c1)nc(-c1cccc(Br)c1)n2C1CC1. The van der Waals surface area contributed by atoms with E-state index in [1.165, 1.54) is 12.8 Å². The molecule has 21 heavy (non-hydrogen) atoms. The lowest BCUT2D eigenvalue weighted by Crippen LogP contribution is -1.97. The van der Waals surface area contributed by atoms with Gasteiger partial charge in [0.25, 0.3) is 0 Å². The van der Waals surface area contributed by atoms with Crippen molar-refractivity contribution in [3.63, 3.8) is 0 Å². The van der Waals surface area contributed by atoms with Crippen LogP contribution in [0.3, 0.4) is 0 Å². The molecule has 0 saturated heterocycles. The first-order chi connectivity index (χ1) is 10.3. The summed E-state index contributed by atoms with van der Waals surface area (Å²) in [5.74, 6) is 0.990. The Balaban J connectivity index is 1.99. The molecule has 1 fully saturated rings. The molecule has 0 N–H and O–H groups in total. The van der Waals surface area contributed by atoms with Crippen molar-refractivity contribution in [1.29, 1.82) is 5.26 Å². The van der Waals surface area contributed by atoms with E-state index in [4.69, 9.17) is 10.2 Å². The molecular weight excluding hydrogens is 326 g/mol. The third-order valence-corrected chi connectivity index (χ3v) is 4.31. The zero-order valence-electron chi connectivity index (χ0n) is 11.3. The van der Waals surface area contributed by atoms with Crippen molar-refractivity contribution in [2.24, 2.45) is 0 Å². The van der Waals surface area contributed by atoms with E-state index < -0.39 is 0 Å². The summed E-state index contributed by atoms with van der Waals surface area (Å²) >= 11 is 3.52. The molecule has 0 aliphatic heterocycles. The molecule has 3 nitrogen and oxygen atoms in total. The third-order valence-electron chi connectivity index (χ3n) is 3.81. The number of fused-ring (bicyclic) bond motifs is 1. The van der Waals surface area contributed by atoms with E-state index in [2.05, 4.69) is 38.7 Å². The molecule has 0 radical (unpaired) electrons. The first-order valence-corrected chi connectivity index (χ1v) is 7.73. The minimum absolute atomic E-state index is 0.539. The van der Waals surface area contributed by atoms with E-state index in [1.54, 1.807) is 0 Å². The highest BCUT2D eigenvalue weighted by atomic mass is 79.9. The van der Waals surface area contributed by atoms with Crippen LogP contribution in [0.5, 0.6) is 0 Å². The van der Waals surface area contributed by atoms with Crippen LogP contribution in [-0.4, -0.2) is 9.55 Å². The van der Waals surface area contributed by atoms with Crippen LogP contribution < -0.4 is 0 Å². The summed E-state index contributed by atoms with van der Waals surface area (Å²) < 4.78 is 3.37. The number of nitriles is 1. The first-order valence-electron chi connectivity index (χ1n) is 6.94. The molecule has 0 unspecified atom stereocenters. The fourth-order valence-electron chi connectivity index (χ4n) is 2.70. The number of hydrogen-bond donors (Lipinski definition) is 0. The van der Waals surface area contributed by atoms with Gasteiger partial charge in [-0.15, -0.1) is 0 Å². The lowest BCUT2D eigenvalue weighted by atomic mass is 10.2. The van der Waals surface area contributed by atoms with E-state index in [0.29, 0.717) is 11.6 Å². The molecule has 1 aliphatic carbocycles. The zero-order valence-corrected chi connectivity index (χ0v) is 12.8. The zero-order chi connectivity index (χ0) is 14.4. The molecule has 4 heteroatoms. The largest absolute Gasteiger partial charge is 0.321 e. The minimum atomic E-state index is 0.539. The van der Waals surface area contributed by atoms with Crippen molar-refractivity contribution in [1.82, 2.24) is 9.55 Å². The number of benzene rings is 2. The van der Waals surface area contributed by atoms with Crippen LogP contribution in [-0.2, 0) is 0 Å². The molecule has 0 atom stereocenters. The Kier molecular flexibility index (Phi) is 2.83. The molecule has 0 spiro atoms.